The number of aromatic hydroxyl groups is 2. The molecular weight excluding hydrogens is 200 g/mol. The Balaban J connectivity index is 2.78. The summed E-state index contributed by atoms with van der Waals surface area (Å²) in [5.74, 6) is -1.16. The van der Waals surface area contributed by atoms with Gasteiger partial charge in [-0.2, -0.15) is 0 Å². The molecule has 0 amide bonds. The predicted molar refractivity (Wildman–Crippen MR) is 51.4 cm³/mol. The van der Waals surface area contributed by atoms with Crippen LogP contribution in [-0.4, -0.2) is 28.4 Å². The second-order valence-corrected chi connectivity index (χ2v) is 3.04. The van der Waals surface area contributed by atoms with E-state index in [0.29, 0.717) is 5.56 Å². The highest BCUT2D eigenvalue weighted by Crippen LogP contribution is 2.28. The average Bonchev–Trinajstić information content (AvgIpc) is 2.21. The molecule has 0 unspecified atom stereocenters. The lowest BCUT2D eigenvalue weighted by Crippen LogP contribution is -2.07. The molecule has 0 aliphatic heterocycles. The van der Waals surface area contributed by atoms with Crippen molar-refractivity contribution in [3.63, 3.8) is 0 Å². The van der Waals surface area contributed by atoms with Gasteiger partial charge in [-0.1, -0.05) is 6.07 Å². The van der Waals surface area contributed by atoms with Crippen molar-refractivity contribution in [3.05, 3.63) is 23.8 Å². The molecule has 15 heavy (non-hydrogen) atoms. The van der Waals surface area contributed by atoms with Crippen LogP contribution in [0.2, 0.25) is 0 Å². The summed E-state index contributed by atoms with van der Waals surface area (Å²) in [4.78, 5) is 10.9. The molecule has 0 fully saturated rings. The molecule has 0 aliphatic rings. The lowest BCUT2D eigenvalue weighted by Gasteiger charge is -2.10. The minimum atomic E-state index is -1.05. The Kier molecular flexibility index (Phi) is 3.51. The third kappa shape index (κ3) is 2.85. The van der Waals surface area contributed by atoms with Crippen LogP contribution in [0.5, 0.6) is 11.5 Å². The fourth-order valence-corrected chi connectivity index (χ4v) is 1.11. The van der Waals surface area contributed by atoms with Crippen molar-refractivity contribution in [2.45, 2.75) is 12.5 Å². The highest BCUT2D eigenvalue weighted by atomic mass is 16.5. The molecule has 0 bridgehead atoms. The van der Waals surface area contributed by atoms with Gasteiger partial charge in [0.15, 0.2) is 11.5 Å². The first kappa shape index (κ1) is 11.3. The van der Waals surface area contributed by atoms with Gasteiger partial charge in [-0.15, -0.1) is 0 Å². The van der Waals surface area contributed by atoms with Crippen molar-refractivity contribution in [3.8, 4) is 11.5 Å². The zero-order valence-corrected chi connectivity index (χ0v) is 8.17. The number of rotatable bonds is 3. The minimum absolute atomic E-state index is 0.194. The Hall–Kier alpha value is -1.75. The van der Waals surface area contributed by atoms with Crippen LogP contribution in [0.1, 0.15) is 18.1 Å². The number of hydrogen-bond acceptors (Lipinski definition) is 5. The second-order valence-electron chi connectivity index (χ2n) is 3.04. The van der Waals surface area contributed by atoms with E-state index in [-0.39, 0.29) is 17.9 Å². The van der Waals surface area contributed by atoms with E-state index in [1.807, 2.05) is 0 Å². The number of phenolic OH excluding ortho intramolecular Hbond substituents is 2. The van der Waals surface area contributed by atoms with Gasteiger partial charge in [-0.25, -0.2) is 0 Å². The fourth-order valence-electron chi connectivity index (χ4n) is 1.11. The third-order valence-electron chi connectivity index (χ3n) is 1.97. The van der Waals surface area contributed by atoms with Crippen LogP contribution in [0.3, 0.4) is 0 Å². The molecule has 1 rings (SSSR count). The van der Waals surface area contributed by atoms with Crippen molar-refractivity contribution >= 4 is 5.97 Å². The van der Waals surface area contributed by atoms with E-state index in [9.17, 15) is 9.90 Å². The maximum atomic E-state index is 10.9. The molecule has 3 N–H and O–H groups in total. The van der Waals surface area contributed by atoms with Gasteiger partial charge in [-0.05, 0) is 17.7 Å². The number of carbonyl (C=O) groups excluding carboxylic acids is 1. The number of phenols is 2. The summed E-state index contributed by atoms with van der Waals surface area (Å²) in [7, 11) is 1.23. The average molecular weight is 212 g/mol. The Morgan fingerprint density at radius 1 is 1.40 bits per heavy atom. The second kappa shape index (κ2) is 4.65. The van der Waals surface area contributed by atoms with Crippen molar-refractivity contribution < 1.29 is 24.9 Å². The van der Waals surface area contributed by atoms with E-state index < -0.39 is 12.1 Å². The van der Waals surface area contributed by atoms with E-state index >= 15 is 0 Å². The molecular formula is C10H12O5. The smallest absolute Gasteiger partial charge is 0.308 e. The largest absolute Gasteiger partial charge is 0.504 e. The number of hydrogen-bond donors (Lipinski definition) is 3. The van der Waals surface area contributed by atoms with Gasteiger partial charge in [0.1, 0.15) is 0 Å². The first-order valence-electron chi connectivity index (χ1n) is 4.31. The van der Waals surface area contributed by atoms with Crippen LogP contribution < -0.4 is 0 Å². The number of aliphatic hydroxyl groups is 1. The van der Waals surface area contributed by atoms with Crippen LogP contribution in [0.25, 0.3) is 0 Å². The maximum absolute atomic E-state index is 10.9. The number of ether oxygens (including phenoxy) is 1. The van der Waals surface area contributed by atoms with Gasteiger partial charge in [0, 0.05) is 0 Å². The Bertz CT molecular complexity index is 361. The predicted octanol–water partition coefficient (Wildman–Crippen LogP) is 0.694. The molecule has 1 atom stereocenters. The summed E-state index contributed by atoms with van der Waals surface area (Å²) in [6, 6.07) is 3.86. The van der Waals surface area contributed by atoms with E-state index in [1.165, 1.54) is 25.3 Å². The van der Waals surface area contributed by atoms with Gasteiger partial charge in [0.2, 0.25) is 0 Å². The Morgan fingerprint density at radius 2 is 2.07 bits per heavy atom. The van der Waals surface area contributed by atoms with Crippen molar-refractivity contribution in [2.75, 3.05) is 7.11 Å². The number of methoxy groups -OCH3 is 1. The van der Waals surface area contributed by atoms with Crippen molar-refractivity contribution in [1.29, 1.82) is 0 Å². The lowest BCUT2D eigenvalue weighted by molar-refractivity contribution is -0.142. The molecule has 0 spiro atoms. The zero-order chi connectivity index (χ0) is 11.4. The molecule has 0 heterocycles. The summed E-state index contributed by atoms with van der Waals surface area (Å²) in [5.41, 5.74) is 0.343. The highest BCUT2D eigenvalue weighted by molar-refractivity contribution is 5.70. The molecule has 0 radical (unpaired) electrons. The molecule has 0 aliphatic carbocycles. The lowest BCUT2D eigenvalue weighted by atomic mass is 10.1. The first-order valence-corrected chi connectivity index (χ1v) is 4.31. The zero-order valence-electron chi connectivity index (χ0n) is 8.17. The van der Waals surface area contributed by atoms with Gasteiger partial charge < -0.3 is 20.1 Å². The van der Waals surface area contributed by atoms with Crippen molar-refractivity contribution in [2.24, 2.45) is 0 Å². The normalized spacial score (nSPS) is 12.1. The van der Waals surface area contributed by atoms with Crippen molar-refractivity contribution in [1.82, 2.24) is 0 Å². The standard InChI is InChI=1S/C10H12O5/c1-15-10(14)5-8(12)6-2-3-7(11)9(13)4-6/h2-4,8,11-13H,5H2,1H3/t8-/m1/s1. The molecule has 0 saturated carbocycles. The maximum Gasteiger partial charge on any atom is 0.308 e. The summed E-state index contributed by atoms with van der Waals surface area (Å²) in [6.07, 6.45) is -1.25. The third-order valence-corrected chi connectivity index (χ3v) is 1.97. The minimum Gasteiger partial charge on any atom is -0.504 e. The quantitative estimate of drug-likeness (QED) is 0.507. The molecule has 1 aromatic carbocycles. The fraction of sp³-hybridized carbons (Fsp3) is 0.300. The van der Waals surface area contributed by atoms with E-state index in [4.69, 9.17) is 10.2 Å². The molecule has 5 heteroatoms. The van der Waals surface area contributed by atoms with E-state index in [2.05, 4.69) is 4.74 Å². The van der Waals surface area contributed by atoms with E-state index in [1.54, 1.807) is 0 Å². The van der Waals surface area contributed by atoms with Gasteiger partial charge in [0.25, 0.3) is 0 Å². The van der Waals surface area contributed by atoms with Crippen LogP contribution in [-0.2, 0) is 9.53 Å². The molecule has 1 aromatic rings. The van der Waals surface area contributed by atoms with E-state index in [0.717, 1.165) is 0 Å². The summed E-state index contributed by atoms with van der Waals surface area (Å²) >= 11 is 0. The van der Waals surface area contributed by atoms with Crippen LogP contribution >= 0.6 is 0 Å². The number of esters is 1. The highest BCUT2D eigenvalue weighted by Gasteiger charge is 2.14. The first-order chi connectivity index (χ1) is 7.04. The number of benzene rings is 1. The van der Waals surface area contributed by atoms with Crippen LogP contribution in [0, 0.1) is 0 Å². The van der Waals surface area contributed by atoms with Gasteiger partial charge in [-0.3, -0.25) is 4.79 Å². The SMILES string of the molecule is COC(=O)C[C@@H](O)c1ccc(O)c(O)c1. The topological polar surface area (TPSA) is 87.0 Å². The molecule has 82 valence electrons. The molecule has 0 saturated heterocycles. The Morgan fingerprint density at radius 3 is 2.60 bits per heavy atom. The summed E-state index contributed by atoms with van der Waals surface area (Å²) in [5, 5.41) is 27.7. The monoisotopic (exact) mass is 212 g/mol. The van der Waals surface area contributed by atoms with Crippen LogP contribution in [0.15, 0.2) is 18.2 Å². The summed E-state index contributed by atoms with van der Waals surface area (Å²) in [6.45, 7) is 0. The summed E-state index contributed by atoms with van der Waals surface area (Å²) < 4.78 is 4.39. The van der Waals surface area contributed by atoms with Gasteiger partial charge >= 0.3 is 5.97 Å². The van der Waals surface area contributed by atoms with Gasteiger partial charge in [0.05, 0.1) is 19.6 Å². The molecule has 5 nitrogen and oxygen atoms in total. The molecule has 0 aromatic heterocycles. The number of carbonyl (C=O) groups is 1. The Labute approximate surface area is 86.5 Å². The van der Waals surface area contributed by atoms with Crippen LogP contribution in [0.4, 0.5) is 0 Å². The number of aliphatic hydroxyl groups excluding tert-OH is 1.